The Morgan fingerprint density at radius 1 is 1.38 bits per heavy atom. The third-order valence-electron chi connectivity index (χ3n) is 4.41. The van der Waals surface area contributed by atoms with Crippen molar-refractivity contribution in [2.75, 3.05) is 26.8 Å². The van der Waals surface area contributed by atoms with Gasteiger partial charge in [0, 0.05) is 38.5 Å². The second-order valence-electron chi connectivity index (χ2n) is 6.15. The van der Waals surface area contributed by atoms with Crippen molar-refractivity contribution in [3.05, 3.63) is 47.5 Å². The van der Waals surface area contributed by atoms with Gasteiger partial charge in [0.1, 0.15) is 17.3 Å². The summed E-state index contributed by atoms with van der Waals surface area (Å²) in [6, 6.07) is 6.01. The van der Waals surface area contributed by atoms with Crippen LogP contribution >= 0.6 is 0 Å². The van der Waals surface area contributed by atoms with Crippen molar-refractivity contribution < 1.29 is 19.4 Å². The van der Waals surface area contributed by atoms with Gasteiger partial charge in [-0.15, -0.1) is 0 Å². The number of nitrogens with zero attached hydrogens (tertiary/aromatic N) is 3. The summed E-state index contributed by atoms with van der Waals surface area (Å²) < 4.78 is 6.82. The molecule has 1 aromatic carbocycles. The number of hydrogen-bond donors (Lipinski definition) is 2. The van der Waals surface area contributed by atoms with Crippen LogP contribution in [-0.4, -0.2) is 58.2 Å². The van der Waals surface area contributed by atoms with Crippen LogP contribution in [0.15, 0.2) is 30.5 Å². The van der Waals surface area contributed by atoms with E-state index in [1.807, 2.05) is 11.5 Å². The molecule has 0 saturated heterocycles. The molecule has 1 unspecified atom stereocenters. The average Bonchev–Trinajstić information content (AvgIpc) is 3.07. The second kappa shape index (κ2) is 7.57. The monoisotopic (exact) mass is 358 g/mol. The molecule has 0 aliphatic carbocycles. The van der Waals surface area contributed by atoms with Crippen molar-refractivity contribution in [2.24, 2.45) is 0 Å². The zero-order valence-corrected chi connectivity index (χ0v) is 14.8. The van der Waals surface area contributed by atoms with Gasteiger partial charge in [-0.1, -0.05) is 6.07 Å². The molecular formula is C18H22N4O4. The first-order valence-electron chi connectivity index (χ1n) is 8.45. The molecule has 2 N–H and O–H groups in total. The predicted molar refractivity (Wildman–Crippen MR) is 94.0 cm³/mol. The summed E-state index contributed by atoms with van der Waals surface area (Å²) in [4.78, 5) is 31.1. The Labute approximate surface area is 151 Å². The lowest BCUT2D eigenvalue weighted by atomic mass is 10.1. The molecule has 0 spiro atoms. The summed E-state index contributed by atoms with van der Waals surface area (Å²) in [5.74, 6) is 0.287. The van der Waals surface area contributed by atoms with Crippen LogP contribution in [0.25, 0.3) is 0 Å². The minimum absolute atomic E-state index is 0.0528. The summed E-state index contributed by atoms with van der Waals surface area (Å²) in [6.07, 6.45) is 1.71. The molecule has 0 fully saturated rings. The highest BCUT2D eigenvalue weighted by Gasteiger charge is 2.31. The van der Waals surface area contributed by atoms with Crippen LogP contribution in [0.5, 0.6) is 5.75 Å². The largest absolute Gasteiger partial charge is 0.508 e. The number of aromatic hydroxyl groups is 1. The number of amides is 2. The Hall–Kier alpha value is -2.87. The average molecular weight is 358 g/mol. The van der Waals surface area contributed by atoms with Gasteiger partial charge in [-0.25, -0.2) is 4.98 Å². The van der Waals surface area contributed by atoms with Crippen molar-refractivity contribution in [1.82, 2.24) is 19.8 Å². The number of benzene rings is 1. The first kappa shape index (κ1) is 17.9. The Bertz CT molecular complexity index is 817. The lowest BCUT2D eigenvalue weighted by Gasteiger charge is -2.33. The van der Waals surface area contributed by atoms with Gasteiger partial charge in [0.25, 0.3) is 11.8 Å². The molecule has 0 bridgehead atoms. The third-order valence-corrected chi connectivity index (χ3v) is 4.41. The number of hydrogen-bond acceptors (Lipinski definition) is 5. The molecule has 1 aliphatic rings. The van der Waals surface area contributed by atoms with Gasteiger partial charge in [-0.3, -0.25) is 9.59 Å². The van der Waals surface area contributed by atoms with E-state index in [0.29, 0.717) is 43.3 Å². The summed E-state index contributed by atoms with van der Waals surface area (Å²) >= 11 is 0. The van der Waals surface area contributed by atoms with Gasteiger partial charge in [0.05, 0.1) is 12.6 Å². The number of methoxy groups -OCH3 is 1. The fraction of sp³-hybridized carbons (Fsp3) is 0.389. The van der Waals surface area contributed by atoms with Crippen LogP contribution < -0.4 is 5.32 Å². The zero-order chi connectivity index (χ0) is 18.7. The van der Waals surface area contributed by atoms with E-state index in [-0.39, 0.29) is 23.6 Å². The van der Waals surface area contributed by atoms with Gasteiger partial charge in [-0.2, -0.15) is 0 Å². The first-order valence-corrected chi connectivity index (χ1v) is 8.45. The first-order chi connectivity index (χ1) is 12.5. The highest BCUT2D eigenvalue weighted by atomic mass is 16.5. The minimum Gasteiger partial charge on any atom is -0.508 e. The summed E-state index contributed by atoms with van der Waals surface area (Å²) in [5, 5.41) is 12.3. The maximum absolute atomic E-state index is 12.8. The molecule has 1 atom stereocenters. The van der Waals surface area contributed by atoms with Crippen LogP contribution in [0, 0.1) is 0 Å². The maximum Gasteiger partial charge on any atom is 0.271 e. The number of nitrogens with one attached hydrogen (secondary N) is 1. The predicted octanol–water partition coefficient (Wildman–Crippen LogP) is 1.18. The molecule has 2 heterocycles. The van der Waals surface area contributed by atoms with Crippen LogP contribution in [0.2, 0.25) is 0 Å². The van der Waals surface area contributed by atoms with E-state index >= 15 is 0 Å². The summed E-state index contributed by atoms with van der Waals surface area (Å²) in [6.45, 7) is 3.79. The minimum atomic E-state index is -0.279. The normalized spacial score (nSPS) is 16.2. The number of rotatable bonds is 5. The summed E-state index contributed by atoms with van der Waals surface area (Å²) in [7, 11) is 1.57. The molecule has 8 nitrogen and oxygen atoms in total. The molecule has 2 amide bonds. The molecular weight excluding hydrogens is 336 g/mol. The van der Waals surface area contributed by atoms with Crippen molar-refractivity contribution >= 4 is 11.8 Å². The van der Waals surface area contributed by atoms with Gasteiger partial charge < -0.3 is 24.6 Å². The van der Waals surface area contributed by atoms with E-state index in [1.54, 1.807) is 30.3 Å². The lowest BCUT2D eigenvalue weighted by Crippen LogP contribution is -2.41. The Morgan fingerprint density at radius 3 is 2.92 bits per heavy atom. The molecule has 8 heteroatoms. The van der Waals surface area contributed by atoms with E-state index in [2.05, 4.69) is 10.3 Å². The number of phenolic OH excluding ortho intramolecular Hbond substituents is 1. The highest BCUT2D eigenvalue weighted by molar-refractivity contribution is 5.95. The zero-order valence-electron chi connectivity index (χ0n) is 14.8. The number of aromatic nitrogens is 2. The number of carbonyl (C=O) groups is 2. The van der Waals surface area contributed by atoms with E-state index < -0.39 is 0 Å². The topological polar surface area (TPSA) is 96.7 Å². The lowest BCUT2D eigenvalue weighted by molar-refractivity contribution is 0.0637. The molecule has 3 rings (SSSR count). The number of phenols is 1. The SMILES string of the molecule is COCCNC(=O)c1cn2c(n1)C(C)N(C(=O)c1cccc(O)c1)CC2. The van der Waals surface area contributed by atoms with Crippen LogP contribution in [0.4, 0.5) is 0 Å². The molecule has 26 heavy (non-hydrogen) atoms. The van der Waals surface area contributed by atoms with Crippen molar-refractivity contribution in [3.63, 3.8) is 0 Å². The highest BCUT2D eigenvalue weighted by Crippen LogP contribution is 2.27. The van der Waals surface area contributed by atoms with Crippen LogP contribution in [0.1, 0.15) is 39.6 Å². The number of carbonyl (C=O) groups excluding carboxylic acids is 2. The van der Waals surface area contributed by atoms with Gasteiger partial charge in [0.2, 0.25) is 0 Å². The van der Waals surface area contributed by atoms with Gasteiger partial charge >= 0.3 is 0 Å². The number of fused-ring (bicyclic) bond motifs is 1. The number of ether oxygens (including phenoxy) is 1. The van der Waals surface area contributed by atoms with Crippen molar-refractivity contribution in [1.29, 1.82) is 0 Å². The van der Waals surface area contributed by atoms with E-state index in [0.717, 1.165) is 0 Å². The molecule has 1 aromatic heterocycles. The molecule has 138 valence electrons. The van der Waals surface area contributed by atoms with E-state index in [4.69, 9.17) is 4.74 Å². The molecule has 1 aliphatic heterocycles. The van der Waals surface area contributed by atoms with Crippen molar-refractivity contribution in [3.8, 4) is 5.75 Å². The van der Waals surface area contributed by atoms with E-state index in [1.165, 1.54) is 12.1 Å². The molecule has 0 saturated carbocycles. The standard InChI is InChI=1S/C18H22N4O4/c1-12-16-20-15(17(24)19-6-9-26-2)11-21(16)7-8-22(12)18(25)13-4-3-5-14(23)10-13/h3-5,10-12,23H,6-9H2,1-2H3,(H,19,24). The molecule has 0 radical (unpaired) electrons. The van der Waals surface area contributed by atoms with Crippen LogP contribution in [-0.2, 0) is 11.3 Å². The van der Waals surface area contributed by atoms with Gasteiger partial charge in [-0.05, 0) is 25.1 Å². The Kier molecular flexibility index (Phi) is 5.22. The number of imidazole rings is 1. The third kappa shape index (κ3) is 3.55. The van der Waals surface area contributed by atoms with Crippen LogP contribution in [0.3, 0.4) is 0 Å². The maximum atomic E-state index is 12.8. The van der Waals surface area contributed by atoms with Crippen molar-refractivity contribution in [2.45, 2.75) is 19.5 Å². The Balaban J connectivity index is 1.76. The molecule has 2 aromatic rings. The summed E-state index contributed by atoms with van der Waals surface area (Å²) in [5.41, 5.74) is 0.754. The van der Waals surface area contributed by atoms with Gasteiger partial charge in [0.15, 0.2) is 0 Å². The second-order valence-corrected chi connectivity index (χ2v) is 6.15. The Morgan fingerprint density at radius 2 is 2.19 bits per heavy atom. The smallest absolute Gasteiger partial charge is 0.271 e. The fourth-order valence-corrected chi connectivity index (χ4v) is 3.04. The quantitative estimate of drug-likeness (QED) is 0.783. The van der Waals surface area contributed by atoms with E-state index in [9.17, 15) is 14.7 Å². The fourth-order valence-electron chi connectivity index (χ4n) is 3.04.